The number of esters is 1. The number of nitro groups is 1. The Labute approximate surface area is 127 Å². The Hall–Kier alpha value is -2.70. The van der Waals surface area contributed by atoms with E-state index >= 15 is 0 Å². The third-order valence-electron chi connectivity index (χ3n) is 3.74. The maximum Gasteiger partial charge on any atom is 0.318 e. The zero-order valence-electron chi connectivity index (χ0n) is 12.1. The molecule has 2 atom stereocenters. The van der Waals surface area contributed by atoms with Gasteiger partial charge in [-0.05, 0) is 0 Å². The van der Waals surface area contributed by atoms with Crippen molar-refractivity contribution in [3.8, 4) is 0 Å². The Kier molecular flexibility index (Phi) is 4.55. The van der Waals surface area contributed by atoms with E-state index in [4.69, 9.17) is 0 Å². The minimum Gasteiger partial charge on any atom is -0.468 e. The fourth-order valence-electron chi connectivity index (χ4n) is 2.61. The van der Waals surface area contributed by atoms with Crippen LogP contribution in [0.3, 0.4) is 0 Å². The van der Waals surface area contributed by atoms with Crippen molar-refractivity contribution in [2.45, 2.75) is 6.54 Å². The molecule has 0 aliphatic carbocycles. The third kappa shape index (κ3) is 2.83. The van der Waals surface area contributed by atoms with Gasteiger partial charge in [0.2, 0.25) is 5.91 Å². The molecule has 0 aromatic heterocycles. The van der Waals surface area contributed by atoms with Crippen LogP contribution in [0, 0.1) is 22.0 Å². The Morgan fingerprint density at radius 3 is 2.82 bits per heavy atom. The summed E-state index contributed by atoms with van der Waals surface area (Å²) < 4.78 is 4.65. The van der Waals surface area contributed by atoms with Crippen LogP contribution in [0.25, 0.3) is 0 Å². The maximum absolute atomic E-state index is 12.4. The van der Waals surface area contributed by atoms with E-state index in [1.54, 1.807) is 24.3 Å². The van der Waals surface area contributed by atoms with Crippen LogP contribution < -0.4 is 0 Å². The molecule has 2 unspecified atom stereocenters. The van der Waals surface area contributed by atoms with Crippen molar-refractivity contribution in [3.63, 3.8) is 0 Å². The lowest BCUT2D eigenvalue weighted by Crippen LogP contribution is -2.31. The average molecular weight is 304 g/mol. The van der Waals surface area contributed by atoms with Crippen molar-refractivity contribution >= 4 is 17.6 Å². The molecule has 0 radical (unpaired) electrons. The molecule has 116 valence electrons. The van der Waals surface area contributed by atoms with Gasteiger partial charge in [-0.2, -0.15) is 0 Å². The summed E-state index contributed by atoms with van der Waals surface area (Å²) in [5.74, 6) is -2.29. The Morgan fingerprint density at radius 1 is 1.55 bits per heavy atom. The molecule has 0 N–H and O–H groups in total. The van der Waals surface area contributed by atoms with E-state index in [1.165, 1.54) is 18.1 Å². The number of methoxy groups -OCH3 is 1. The Bertz CT molecular complexity index is 628. The van der Waals surface area contributed by atoms with Crippen molar-refractivity contribution in [1.82, 2.24) is 4.90 Å². The summed E-state index contributed by atoms with van der Waals surface area (Å²) in [5.41, 5.74) is 0.376. The highest BCUT2D eigenvalue weighted by atomic mass is 16.6. The molecule has 1 aromatic carbocycles. The highest BCUT2D eigenvalue weighted by molar-refractivity contribution is 6.00. The predicted octanol–water partition coefficient (Wildman–Crippen LogP) is 1.53. The third-order valence-corrected chi connectivity index (χ3v) is 3.74. The minimum absolute atomic E-state index is 0.0491. The number of hydrogen-bond acceptors (Lipinski definition) is 5. The molecular formula is C15H16N2O5. The first-order valence-electron chi connectivity index (χ1n) is 6.71. The molecule has 1 fully saturated rings. The molecule has 1 heterocycles. The van der Waals surface area contributed by atoms with Gasteiger partial charge in [-0.15, -0.1) is 6.58 Å². The summed E-state index contributed by atoms with van der Waals surface area (Å²) in [5, 5.41) is 11.0. The van der Waals surface area contributed by atoms with Crippen LogP contribution in [0.15, 0.2) is 36.9 Å². The molecule has 1 aromatic rings. The highest BCUT2D eigenvalue weighted by Gasteiger charge is 2.44. The van der Waals surface area contributed by atoms with Gasteiger partial charge in [-0.25, -0.2) is 0 Å². The van der Waals surface area contributed by atoms with Crippen LogP contribution in [0.2, 0.25) is 0 Å². The summed E-state index contributed by atoms with van der Waals surface area (Å²) in [6.07, 6.45) is 1.54. The first-order valence-corrected chi connectivity index (χ1v) is 6.71. The van der Waals surface area contributed by atoms with E-state index in [-0.39, 0.29) is 24.7 Å². The predicted molar refractivity (Wildman–Crippen MR) is 77.7 cm³/mol. The topological polar surface area (TPSA) is 89.8 Å². The lowest BCUT2D eigenvalue weighted by atomic mass is 9.96. The molecule has 1 aliphatic heterocycles. The molecule has 0 spiro atoms. The SMILES string of the molecule is C=CC1CN(Cc2ccccc2[N+](=O)[O-])C(=O)C1C(=O)OC. The van der Waals surface area contributed by atoms with E-state index in [0.717, 1.165) is 0 Å². The lowest BCUT2D eigenvalue weighted by Gasteiger charge is -2.16. The minimum atomic E-state index is -0.926. The number of carbonyl (C=O) groups excluding carboxylic acids is 2. The molecule has 22 heavy (non-hydrogen) atoms. The molecule has 1 saturated heterocycles. The number of carbonyl (C=O) groups is 2. The Morgan fingerprint density at radius 2 is 2.23 bits per heavy atom. The van der Waals surface area contributed by atoms with Crippen molar-refractivity contribution in [2.75, 3.05) is 13.7 Å². The van der Waals surface area contributed by atoms with Crippen LogP contribution in [-0.2, 0) is 20.9 Å². The second-order valence-corrected chi connectivity index (χ2v) is 5.00. The molecule has 0 saturated carbocycles. The molecule has 1 aliphatic rings. The van der Waals surface area contributed by atoms with Crippen molar-refractivity contribution in [3.05, 3.63) is 52.6 Å². The van der Waals surface area contributed by atoms with Gasteiger partial charge in [0.15, 0.2) is 0 Å². The zero-order chi connectivity index (χ0) is 16.3. The molecular weight excluding hydrogens is 288 g/mol. The Balaban J connectivity index is 2.25. The summed E-state index contributed by atoms with van der Waals surface area (Å²) in [6, 6.07) is 6.22. The smallest absolute Gasteiger partial charge is 0.318 e. The number of rotatable bonds is 5. The first-order chi connectivity index (χ1) is 10.5. The van der Waals surface area contributed by atoms with E-state index in [0.29, 0.717) is 5.56 Å². The van der Waals surface area contributed by atoms with Crippen LogP contribution >= 0.6 is 0 Å². The number of likely N-dealkylation sites (tertiary alicyclic amines) is 1. The number of hydrogen-bond donors (Lipinski definition) is 0. The van der Waals surface area contributed by atoms with Gasteiger partial charge in [0.05, 0.1) is 18.6 Å². The summed E-state index contributed by atoms with van der Waals surface area (Å²) in [7, 11) is 1.22. The molecule has 2 rings (SSSR count). The van der Waals surface area contributed by atoms with Gasteiger partial charge in [-0.1, -0.05) is 24.3 Å². The van der Waals surface area contributed by atoms with Crippen LogP contribution in [0.5, 0.6) is 0 Å². The zero-order valence-corrected chi connectivity index (χ0v) is 12.1. The van der Waals surface area contributed by atoms with Gasteiger partial charge in [-0.3, -0.25) is 19.7 Å². The number of nitro benzene ring substituents is 1. The quantitative estimate of drug-likeness (QED) is 0.270. The van der Waals surface area contributed by atoms with Crippen LogP contribution in [0.4, 0.5) is 5.69 Å². The van der Waals surface area contributed by atoms with Gasteiger partial charge in [0.25, 0.3) is 5.69 Å². The maximum atomic E-state index is 12.4. The standard InChI is InChI=1S/C15H16N2O5/c1-3-10-8-16(14(18)13(10)15(19)22-2)9-11-6-4-5-7-12(11)17(20)21/h3-7,10,13H,1,8-9H2,2H3. The van der Waals surface area contributed by atoms with Crippen molar-refractivity contribution < 1.29 is 19.2 Å². The van der Waals surface area contributed by atoms with E-state index in [9.17, 15) is 19.7 Å². The van der Waals surface area contributed by atoms with Gasteiger partial charge < -0.3 is 9.64 Å². The van der Waals surface area contributed by atoms with E-state index < -0.39 is 22.7 Å². The molecule has 7 nitrogen and oxygen atoms in total. The fraction of sp³-hybridized carbons (Fsp3) is 0.333. The number of para-hydroxylation sites is 1. The van der Waals surface area contributed by atoms with Crippen molar-refractivity contribution in [2.24, 2.45) is 11.8 Å². The monoisotopic (exact) mass is 304 g/mol. The van der Waals surface area contributed by atoms with Gasteiger partial charge in [0, 0.05) is 24.1 Å². The fourth-order valence-corrected chi connectivity index (χ4v) is 2.61. The average Bonchev–Trinajstić information content (AvgIpc) is 2.83. The second kappa shape index (κ2) is 6.38. The summed E-state index contributed by atoms with van der Waals surface area (Å²) in [6.45, 7) is 4.00. The van der Waals surface area contributed by atoms with Crippen LogP contribution in [0.1, 0.15) is 5.56 Å². The van der Waals surface area contributed by atoms with Gasteiger partial charge in [0.1, 0.15) is 5.92 Å². The normalized spacial score (nSPS) is 20.8. The molecule has 7 heteroatoms. The van der Waals surface area contributed by atoms with Gasteiger partial charge >= 0.3 is 5.97 Å². The lowest BCUT2D eigenvalue weighted by molar-refractivity contribution is -0.385. The van der Waals surface area contributed by atoms with E-state index in [2.05, 4.69) is 11.3 Å². The number of benzene rings is 1. The largest absolute Gasteiger partial charge is 0.468 e. The summed E-state index contributed by atoms with van der Waals surface area (Å²) in [4.78, 5) is 36.1. The summed E-state index contributed by atoms with van der Waals surface area (Å²) >= 11 is 0. The highest BCUT2D eigenvalue weighted by Crippen LogP contribution is 2.30. The van der Waals surface area contributed by atoms with Crippen molar-refractivity contribution in [1.29, 1.82) is 0 Å². The second-order valence-electron chi connectivity index (χ2n) is 5.00. The number of amides is 1. The number of nitrogens with zero attached hydrogens (tertiary/aromatic N) is 2. The molecule has 0 bridgehead atoms. The first kappa shape index (κ1) is 15.7. The van der Waals surface area contributed by atoms with Crippen LogP contribution in [-0.4, -0.2) is 35.4 Å². The van der Waals surface area contributed by atoms with E-state index in [1.807, 2.05) is 0 Å². The number of ether oxygens (including phenoxy) is 1. The molecule has 1 amide bonds.